The van der Waals surface area contributed by atoms with Gasteiger partial charge in [0.15, 0.2) is 0 Å². The molecule has 0 heterocycles. The number of hydrogen-bond donors (Lipinski definition) is 0. The van der Waals surface area contributed by atoms with Crippen molar-refractivity contribution in [2.45, 2.75) is 0 Å². The van der Waals surface area contributed by atoms with Gasteiger partial charge in [0, 0.05) is 26.2 Å². The van der Waals surface area contributed by atoms with Crippen molar-refractivity contribution in [3.8, 4) is 0 Å². The number of rotatable bonds is 0. The Kier molecular flexibility index (Phi) is 120. The van der Waals surface area contributed by atoms with Gasteiger partial charge in [-0.1, -0.05) is 0 Å². The summed E-state index contributed by atoms with van der Waals surface area (Å²) in [6.45, 7) is 0. The molecule has 0 aliphatic rings. The molecule has 0 rings (SSSR count). The second-order valence-electron chi connectivity index (χ2n) is 0. The molecule has 2 nitrogen and oxygen atoms in total. The molecule has 5 heteroatoms. The van der Waals surface area contributed by atoms with Crippen LogP contribution >= 0.6 is 0 Å². The van der Waals surface area contributed by atoms with Crippen molar-refractivity contribution in [2.75, 3.05) is 0 Å². The Balaban J connectivity index is -0.0000000133. The average molecular weight is 426 g/mol. The van der Waals surface area contributed by atoms with Gasteiger partial charge in [-0.25, -0.2) is 0 Å². The predicted octanol–water partition coefficient (Wildman–Crippen LogP) is -0.623. The van der Waals surface area contributed by atoms with Crippen molar-refractivity contribution in [3.63, 3.8) is 0 Å². The summed E-state index contributed by atoms with van der Waals surface area (Å²) in [5.74, 6) is 0. The van der Waals surface area contributed by atoms with E-state index in [1.165, 1.54) is 0 Å². The first-order valence-corrected chi connectivity index (χ1v) is 2.73. The molecule has 0 aromatic carbocycles. The molecule has 5 heavy (non-hydrogen) atoms. The Morgan fingerprint density at radius 2 is 1.20 bits per heavy atom. The smallest absolute Gasteiger partial charge is 0 e. The van der Waals surface area contributed by atoms with E-state index < -0.39 is 0 Å². The summed E-state index contributed by atoms with van der Waals surface area (Å²) in [6, 6.07) is 0. The van der Waals surface area contributed by atoms with Gasteiger partial charge in [-0.15, -0.1) is 0 Å². The van der Waals surface area contributed by atoms with Crippen LogP contribution in [0.25, 0.3) is 0 Å². The third-order valence-corrected chi connectivity index (χ3v) is 0. The Morgan fingerprint density at radius 3 is 1.20 bits per heavy atom. The Labute approximate surface area is 73.9 Å². The fraction of sp³-hybridized carbons (Fsp3) is 0. The van der Waals surface area contributed by atoms with Gasteiger partial charge in [-0.3, -0.25) is 0 Å². The first-order valence-electron chi connectivity index (χ1n) is 0.371. The van der Waals surface area contributed by atoms with E-state index in [0.29, 0.717) is 42.3 Å². The van der Waals surface area contributed by atoms with Crippen molar-refractivity contribution in [1.29, 1.82) is 0 Å². The zero-order valence-electron chi connectivity index (χ0n) is 2.22. The average Bonchev–Trinajstić information content (AvgIpc) is 1.50. The molecule has 0 atom stereocenters. The van der Waals surface area contributed by atoms with E-state index in [9.17, 15) is 0 Å². The molecule has 0 aliphatic heterocycles. The largest absolute Gasteiger partial charge is 0 e. The normalized spacial score (nSPS) is 1.60. The summed E-state index contributed by atoms with van der Waals surface area (Å²) in [4.78, 5) is 0. The van der Waals surface area contributed by atoms with E-state index >= 15 is 0 Å². The van der Waals surface area contributed by atoms with Gasteiger partial charge in [0.05, 0.1) is 0 Å². The molecule has 0 aromatic heterocycles. The van der Waals surface area contributed by atoms with Gasteiger partial charge in [0.2, 0.25) is 0 Å². The van der Waals surface area contributed by atoms with E-state index in [-0.39, 0.29) is 26.2 Å². The second kappa shape index (κ2) is 38.0. The molecule has 26 valence electrons. The van der Waals surface area contributed by atoms with E-state index in [4.69, 9.17) is 6.47 Å². The van der Waals surface area contributed by atoms with Crippen LogP contribution in [-0.2, 0) is 52.5 Å². The summed E-state index contributed by atoms with van der Waals surface area (Å²) in [7, 11) is 0. The maximum atomic E-state index is 8.34. The quantitative estimate of drug-likeness (QED) is 0.485. The van der Waals surface area contributed by atoms with Crippen molar-refractivity contribution < 1.29 is 52.5 Å². The van der Waals surface area contributed by atoms with E-state index in [1.54, 1.807) is 0 Å². The molecule has 0 aromatic rings. The third kappa shape index (κ3) is 24.2. The van der Waals surface area contributed by atoms with Crippen LogP contribution in [0.15, 0.2) is 0 Å². The minimum Gasteiger partial charge on any atom is 0 e. The molecule has 0 aliphatic carbocycles. The zero-order chi connectivity index (χ0) is 4.00. The van der Waals surface area contributed by atoms with Crippen LogP contribution in [-0.4, -0.2) is 22.5 Å². The zero-order valence-corrected chi connectivity index (χ0v) is 10.5. The van der Waals surface area contributed by atoms with Gasteiger partial charge < -0.3 is 0 Å². The molecule has 0 fully saturated rings. The fourth-order valence-corrected chi connectivity index (χ4v) is 0. The van der Waals surface area contributed by atoms with E-state index in [0.717, 1.165) is 0 Å². The molecule has 0 saturated carbocycles. The van der Waals surface area contributed by atoms with E-state index in [2.05, 4.69) is 0 Å². The standard InChI is InChI=1S/2O.Sn.W.Zr. The van der Waals surface area contributed by atoms with Gasteiger partial charge in [0.25, 0.3) is 0 Å². The second-order valence-corrected chi connectivity index (χ2v) is 0. The Bertz CT molecular complexity index is 11.6. The summed E-state index contributed by atoms with van der Waals surface area (Å²) in [5, 5.41) is 0. The SMILES string of the molecule is [O]=[Sn].[O]=[W].[Zr]. The minimum absolute atomic E-state index is 0. The maximum absolute atomic E-state index is 8.34. The molecule has 0 unspecified atom stereocenters. The van der Waals surface area contributed by atoms with Crippen molar-refractivity contribution in [2.24, 2.45) is 0 Å². The van der Waals surface area contributed by atoms with Crippen molar-refractivity contribution in [1.82, 2.24) is 0 Å². The molecule has 0 N–H and O–H groups in total. The first-order chi connectivity index (χ1) is 2.00. The number of hydrogen-bond acceptors (Lipinski definition) is 2. The molecular weight excluding hydrogens is 426 g/mol. The van der Waals surface area contributed by atoms with Crippen LogP contribution in [0.2, 0.25) is 0 Å². The monoisotopic (exact) mass is 426 g/mol. The van der Waals surface area contributed by atoms with Crippen LogP contribution in [0.5, 0.6) is 0 Å². The molecule has 0 spiro atoms. The van der Waals surface area contributed by atoms with Crippen LogP contribution < -0.4 is 0 Å². The summed E-state index contributed by atoms with van der Waals surface area (Å²) in [5.41, 5.74) is 0. The molecule has 2 radical (unpaired) electrons. The predicted molar refractivity (Wildman–Crippen MR) is 7.13 cm³/mol. The van der Waals surface area contributed by atoms with Crippen LogP contribution in [0.1, 0.15) is 0 Å². The summed E-state index contributed by atoms with van der Waals surface area (Å²) < 4.78 is 16.7. The van der Waals surface area contributed by atoms with E-state index in [1.807, 2.05) is 0 Å². The van der Waals surface area contributed by atoms with Crippen molar-refractivity contribution >= 4 is 22.5 Å². The third-order valence-electron chi connectivity index (χ3n) is 0. The van der Waals surface area contributed by atoms with Crippen LogP contribution in [0.3, 0.4) is 0 Å². The molecule has 0 amide bonds. The molecule has 0 bridgehead atoms. The van der Waals surface area contributed by atoms with Crippen molar-refractivity contribution in [3.05, 3.63) is 0 Å². The summed E-state index contributed by atoms with van der Waals surface area (Å²) >= 11 is 0.633. The topological polar surface area (TPSA) is 34.1 Å². The van der Waals surface area contributed by atoms with Gasteiger partial charge in [-0.2, -0.15) is 0 Å². The Morgan fingerprint density at radius 1 is 1.20 bits per heavy atom. The van der Waals surface area contributed by atoms with Gasteiger partial charge in [0.1, 0.15) is 0 Å². The van der Waals surface area contributed by atoms with Crippen LogP contribution in [0.4, 0.5) is 0 Å². The maximum Gasteiger partial charge on any atom is 0 e. The Hall–Kier alpha value is 1.97. The van der Waals surface area contributed by atoms with Crippen LogP contribution in [0, 0.1) is 0 Å². The van der Waals surface area contributed by atoms with Gasteiger partial charge in [-0.05, 0) is 0 Å². The fourth-order valence-electron chi connectivity index (χ4n) is 0. The molecule has 0 saturated heterocycles. The minimum atomic E-state index is 0. The molecular formula is O2SnWZr. The first kappa shape index (κ1) is 15.8. The van der Waals surface area contributed by atoms with Gasteiger partial charge >= 0.3 is 48.8 Å². The summed E-state index contributed by atoms with van der Waals surface area (Å²) in [6.07, 6.45) is 0.